The summed E-state index contributed by atoms with van der Waals surface area (Å²) >= 11 is 1.50. The Morgan fingerprint density at radius 3 is 3.06 bits per heavy atom. The van der Waals surface area contributed by atoms with Crippen molar-refractivity contribution in [2.75, 3.05) is 5.32 Å². The van der Waals surface area contributed by atoms with Gasteiger partial charge >= 0.3 is 0 Å². The van der Waals surface area contributed by atoms with Crippen molar-refractivity contribution in [2.24, 2.45) is 0 Å². The lowest BCUT2D eigenvalue weighted by molar-refractivity contribution is 0.892. The van der Waals surface area contributed by atoms with E-state index in [1.54, 1.807) is 0 Å². The first-order valence-corrected chi connectivity index (χ1v) is 6.21. The Morgan fingerprint density at radius 2 is 2.24 bits per heavy atom. The van der Waals surface area contributed by atoms with Crippen molar-refractivity contribution in [3.05, 3.63) is 42.2 Å². The Morgan fingerprint density at radius 1 is 1.35 bits per heavy atom. The highest BCUT2D eigenvalue weighted by Crippen LogP contribution is 2.30. The van der Waals surface area contributed by atoms with Crippen LogP contribution in [0.1, 0.15) is 18.5 Å². The van der Waals surface area contributed by atoms with Gasteiger partial charge in [-0.05, 0) is 30.6 Å². The van der Waals surface area contributed by atoms with Crippen LogP contribution in [0.25, 0.3) is 10.9 Å². The molecule has 4 nitrogen and oxygen atoms in total. The maximum atomic E-state index is 4.41. The highest BCUT2D eigenvalue weighted by molar-refractivity contribution is 7.11. The molecule has 0 aliphatic carbocycles. The Hall–Kier alpha value is -1.88. The van der Waals surface area contributed by atoms with E-state index in [0.717, 1.165) is 16.1 Å². The topological polar surface area (TPSA) is 53.6 Å². The minimum absolute atomic E-state index is 0.220. The Kier molecular flexibility index (Phi) is 2.53. The third kappa shape index (κ3) is 1.89. The number of aromatic amines is 1. The minimum Gasteiger partial charge on any atom is -0.369 e. The molecular formula is C12H12N4S. The largest absolute Gasteiger partial charge is 0.369 e. The monoisotopic (exact) mass is 244 g/mol. The van der Waals surface area contributed by atoms with E-state index in [4.69, 9.17) is 0 Å². The average Bonchev–Trinajstić information content (AvgIpc) is 2.98. The lowest BCUT2D eigenvalue weighted by Gasteiger charge is -2.11. The number of fused-ring (bicyclic) bond motifs is 1. The summed E-state index contributed by atoms with van der Waals surface area (Å²) in [7, 11) is 0. The molecule has 3 rings (SSSR count). The molecule has 86 valence electrons. The van der Waals surface area contributed by atoms with Crippen LogP contribution in [-0.4, -0.2) is 14.6 Å². The van der Waals surface area contributed by atoms with Gasteiger partial charge in [-0.25, -0.2) is 0 Å². The Balaban J connectivity index is 1.90. The van der Waals surface area contributed by atoms with Crippen molar-refractivity contribution in [1.29, 1.82) is 0 Å². The molecule has 0 fully saturated rings. The Bertz CT molecular complexity index is 614. The van der Waals surface area contributed by atoms with Gasteiger partial charge in [-0.1, -0.05) is 12.1 Å². The summed E-state index contributed by atoms with van der Waals surface area (Å²) in [4.78, 5) is 0. The molecule has 0 aliphatic heterocycles. The maximum Gasteiger partial charge on any atom is 0.117 e. The number of anilines is 1. The first kappa shape index (κ1) is 10.3. The molecule has 2 aromatic heterocycles. The first-order chi connectivity index (χ1) is 8.34. The number of nitrogens with one attached hydrogen (secondary N) is 2. The van der Waals surface area contributed by atoms with Crippen LogP contribution in [-0.2, 0) is 0 Å². The van der Waals surface area contributed by atoms with Gasteiger partial charge in [0.1, 0.15) is 5.00 Å². The highest BCUT2D eigenvalue weighted by Gasteiger charge is 2.10. The summed E-state index contributed by atoms with van der Waals surface area (Å²) in [5.41, 5.74) is 2.18. The summed E-state index contributed by atoms with van der Waals surface area (Å²) in [5, 5.41) is 12.5. The molecule has 1 atom stereocenters. The molecule has 5 heteroatoms. The molecule has 0 bridgehead atoms. The lowest BCUT2D eigenvalue weighted by Crippen LogP contribution is -2.04. The van der Waals surface area contributed by atoms with E-state index in [0.29, 0.717) is 0 Å². The van der Waals surface area contributed by atoms with E-state index in [2.05, 4.69) is 32.9 Å². The van der Waals surface area contributed by atoms with Gasteiger partial charge in [0.2, 0.25) is 0 Å². The number of benzene rings is 1. The fourth-order valence-electron chi connectivity index (χ4n) is 1.77. The van der Waals surface area contributed by atoms with Crippen LogP contribution in [0.15, 0.2) is 36.7 Å². The molecule has 0 amide bonds. The van der Waals surface area contributed by atoms with Crippen LogP contribution in [0, 0.1) is 0 Å². The van der Waals surface area contributed by atoms with Gasteiger partial charge < -0.3 is 5.32 Å². The zero-order chi connectivity index (χ0) is 11.7. The summed E-state index contributed by atoms with van der Waals surface area (Å²) in [6.07, 6.45) is 3.74. The molecule has 0 spiro atoms. The summed E-state index contributed by atoms with van der Waals surface area (Å²) < 4.78 is 4.41. The van der Waals surface area contributed by atoms with Crippen LogP contribution < -0.4 is 5.32 Å². The van der Waals surface area contributed by atoms with Crippen LogP contribution in [0.5, 0.6) is 0 Å². The molecule has 17 heavy (non-hydrogen) atoms. The molecule has 1 unspecified atom stereocenters. The SMILES string of the molecule is CC(Nc1snc2ccccc12)c1cn[nH]c1. The van der Waals surface area contributed by atoms with Crippen molar-refractivity contribution >= 4 is 27.4 Å². The van der Waals surface area contributed by atoms with E-state index in [-0.39, 0.29) is 6.04 Å². The quantitative estimate of drug-likeness (QED) is 0.744. The second kappa shape index (κ2) is 4.18. The molecule has 1 aromatic carbocycles. The molecule has 0 radical (unpaired) electrons. The zero-order valence-electron chi connectivity index (χ0n) is 9.34. The number of H-pyrrole nitrogens is 1. The van der Waals surface area contributed by atoms with Gasteiger partial charge in [-0.2, -0.15) is 9.47 Å². The van der Waals surface area contributed by atoms with Gasteiger partial charge in [0, 0.05) is 17.1 Å². The fraction of sp³-hybridized carbons (Fsp3) is 0.167. The van der Waals surface area contributed by atoms with Crippen LogP contribution >= 0.6 is 11.5 Å². The number of nitrogens with zero attached hydrogens (tertiary/aromatic N) is 2. The third-order valence-electron chi connectivity index (χ3n) is 2.75. The summed E-state index contributed by atoms with van der Waals surface area (Å²) in [6.45, 7) is 2.11. The van der Waals surface area contributed by atoms with E-state index >= 15 is 0 Å². The molecule has 0 saturated heterocycles. The fourth-order valence-corrected chi connectivity index (χ4v) is 2.62. The van der Waals surface area contributed by atoms with Crippen molar-refractivity contribution in [3.63, 3.8) is 0 Å². The van der Waals surface area contributed by atoms with Crippen LogP contribution in [0.4, 0.5) is 5.00 Å². The summed E-state index contributed by atoms with van der Waals surface area (Å²) in [5.74, 6) is 0. The van der Waals surface area contributed by atoms with E-state index < -0.39 is 0 Å². The van der Waals surface area contributed by atoms with E-state index in [1.165, 1.54) is 16.9 Å². The second-order valence-corrected chi connectivity index (χ2v) is 4.70. The molecule has 0 saturated carbocycles. The zero-order valence-corrected chi connectivity index (χ0v) is 10.2. The molecule has 2 N–H and O–H groups in total. The molecule has 3 aromatic rings. The molecular weight excluding hydrogens is 232 g/mol. The van der Waals surface area contributed by atoms with E-state index in [9.17, 15) is 0 Å². The highest BCUT2D eigenvalue weighted by atomic mass is 32.1. The van der Waals surface area contributed by atoms with Crippen molar-refractivity contribution < 1.29 is 0 Å². The van der Waals surface area contributed by atoms with Gasteiger partial charge in [-0.3, -0.25) is 5.10 Å². The van der Waals surface area contributed by atoms with Crippen molar-refractivity contribution in [3.8, 4) is 0 Å². The predicted octanol–water partition coefficient (Wildman–Crippen LogP) is 3.19. The molecule has 0 aliphatic rings. The maximum absolute atomic E-state index is 4.41. The first-order valence-electron chi connectivity index (χ1n) is 5.44. The second-order valence-electron chi connectivity index (χ2n) is 3.93. The Labute approximate surface area is 103 Å². The van der Waals surface area contributed by atoms with Crippen LogP contribution in [0.3, 0.4) is 0 Å². The number of rotatable bonds is 3. The van der Waals surface area contributed by atoms with Gasteiger partial charge in [0.05, 0.1) is 17.8 Å². The lowest BCUT2D eigenvalue weighted by atomic mass is 10.2. The van der Waals surface area contributed by atoms with Gasteiger partial charge in [0.25, 0.3) is 0 Å². The summed E-state index contributed by atoms with van der Waals surface area (Å²) in [6, 6.07) is 8.37. The standard InChI is InChI=1S/C12H12N4S/c1-8(9-6-13-14-7-9)15-12-10-4-2-3-5-11(10)16-17-12/h2-8,15H,1H3,(H,13,14). The number of hydrogen-bond donors (Lipinski definition) is 2. The third-order valence-corrected chi connectivity index (χ3v) is 3.56. The van der Waals surface area contributed by atoms with Crippen molar-refractivity contribution in [1.82, 2.24) is 14.6 Å². The number of aromatic nitrogens is 3. The smallest absolute Gasteiger partial charge is 0.117 e. The minimum atomic E-state index is 0.220. The molecule has 2 heterocycles. The number of hydrogen-bond acceptors (Lipinski definition) is 4. The normalized spacial score (nSPS) is 12.8. The average molecular weight is 244 g/mol. The van der Waals surface area contributed by atoms with Gasteiger partial charge in [-0.15, -0.1) is 0 Å². The predicted molar refractivity (Wildman–Crippen MR) is 70.2 cm³/mol. The van der Waals surface area contributed by atoms with E-state index in [1.807, 2.05) is 30.6 Å². The van der Waals surface area contributed by atoms with Gasteiger partial charge in [0.15, 0.2) is 0 Å². The van der Waals surface area contributed by atoms with Crippen molar-refractivity contribution in [2.45, 2.75) is 13.0 Å². The van der Waals surface area contributed by atoms with Crippen LogP contribution in [0.2, 0.25) is 0 Å².